The van der Waals surface area contributed by atoms with Gasteiger partial charge in [-0.05, 0) is 38.5 Å². The van der Waals surface area contributed by atoms with Gasteiger partial charge in [-0.15, -0.1) is 0 Å². The molecule has 0 aromatic carbocycles. The molecule has 19 rings (SSSR count). The lowest BCUT2D eigenvalue weighted by molar-refractivity contribution is 0.0445. The molecule has 120 heavy (non-hydrogen) atoms. The van der Waals surface area contributed by atoms with Crippen molar-refractivity contribution in [2.75, 3.05) is 275 Å². The lowest BCUT2D eigenvalue weighted by atomic mass is 10.5. The Balaban J connectivity index is 0.756. The van der Waals surface area contributed by atoms with E-state index in [1.54, 1.807) is 0 Å². The third-order valence-electron chi connectivity index (χ3n) is 23.0. The van der Waals surface area contributed by atoms with E-state index in [0.29, 0.717) is 350 Å². The monoisotopic (exact) mass is 1870 g/mol. The topological polar surface area (TPSA) is 429 Å². The zero-order valence-electron chi connectivity index (χ0n) is 69.0. The van der Waals surface area contributed by atoms with Crippen LogP contribution in [0.15, 0.2) is 13.5 Å². The predicted molar refractivity (Wildman–Crippen MR) is 431 cm³/mol. The van der Waals surface area contributed by atoms with Crippen LogP contribution in [0.1, 0.15) is 38.5 Å². The molecule has 0 aromatic heterocycles. The Morgan fingerprint density at radius 1 is 0.158 bits per heavy atom. The Hall–Kier alpha value is 0.551. The minimum atomic E-state index is -3.62. The summed E-state index contributed by atoms with van der Waals surface area (Å²) in [6.45, 7) is 16.3. The molecule has 48 heteroatoms. The van der Waals surface area contributed by atoms with Gasteiger partial charge in [0.1, 0.15) is 110 Å². The molecule has 0 N–H and O–H groups in total. The molecule has 19 heterocycles. The van der Waals surface area contributed by atoms with Crippen molar-refractivity contribution in [3.8, 4) is 0 Å². The molecule has 0 radical (unpaired) electrons. The fourth-order valence-electron chi connectivity index (χ4n) is 14.1. The Bertz CT molecular complexity index is 2610. The number of epoxide rings is 18. The van der Waals surface area contributed by atoms with Crippen molar-refractivity contribution < 1.29 is 165 Å². The first-order valence-corrected chi connectivity index (χ1v) is 62.0. The number of hydrogen-bond donors (Lipinski definition) is 0. The summed E-state index contributed by atoms with van der Waals surface area (Å²) in [4.78, 5) is 0. The molecule has 0 aromatic rings. The molecule has 39 nitrogen and oxygen atoms in total. The fraction of sp³-hybridized carbons (Fsp3) is 1.00. The fourth-order valence-corrected chi connectivity index (χ4v) is 49.4. The van der Waals surface area contributed by atoms with Crippen molar-refractivity contribution in [2.45, 2.75) is 185 Å². The van der Waals surface area contributed by atoms with Crippen LogP contribution in [-0.4, -0.2) is 438 Å². The lowest BCUT2D eigenvalue weighted by Gasteiger charge is -2.40. The molecule has 0 amide bonds. The van der Waals surface area contributed by atoms with E-state index in [1.165, 1.54) is 0 Å². The largest absolute Gasteiger partial charge is 0.501 e. The van der Waals surface area contributed by atoms with Gasteiger partial charge >= 0.3 is 52.8 Å². The third-order valence-corrected chi connectivity index (χ3v) is 53.9. The van der Waals surface area contributed by atoms with Crippen LogP contribution in [0.2, 0.25) is 36.3 Å². The molecule has 0 spiro atoms. The second-order valence-corrected chi connectivity index (χ2v) is 61.3. The molecule has 19 aliphatic heterocycles. The molecular formula is C72H126N3O36P3Si6. The van der Waals surface area contributed by atoms with Gasteiger partial charge in [-0.25, -0.2) is 13.5 Å². The first-order chi connectivity index (χ1) is 58.8. The lowest BCUT2D eigenvalue weighted by Crippen LogP contribution is -2.48. The Kier molecular flexibility index (Phi) is 30.9. The number of nitrogens with zero attached hydrogens (tertiary/aromatic N) is 3. The van der Waals surface area contributed by atoms with E-state index in [-0.39, 0.29) is 110 Å². The van der Waals surface area contributed by atoms with Crippen LogP contribution in [0, 0.1) is 0 Å². The van der Waals surface area contributed by atoms with Crippen LogP contribution in [0.5, 0.6) is 0 Å². The molecule has 0 aliphatic carbocycles. The van der Waals surface area contributed by atoms with Gasteiger partial charge in [-0.2, -0.15) is 0 Å². The maximum Gasteiger partial charge on any atom is 0.501 e. The Morgan fingerprint density at radius 3 is 0.317 bits per heavy atom. The summed E-state index contributed by atoms with van der Waals surface area (Å²) in [7, 11) is -31.4. The van der Waals surface area contributed by atoms with E-state index in [2.05, 4.69) is 0 Å². The SMILES string of the molecule is C(C[Si](OCC1CO1)(OCC1CO1)OCC1CO1)CP1(CCC[Si](OCC2CO2)(OCC2CO2)OCC2CO2)=NP(CCC[Si](OCC2CO2)(OCC2CO2)OCC2CO2)(CCC[Si](OCC2CO2)(OCC2CO2)OCC2CO2)=NP(CCC[Si](OCC2CO2)(OCC2CO2)OCC2CO2)(CCC[Si](OCC2CO2)(OCC2CO2)OCC2CO2)=N1. The molecule has 18 fully saturated rings. The van der Waals surface area contributed by atoms with Crippen LogP contribution in [0.4, 0.5) is 0 Å². The number of ether oxygens (including phenoxy) is 18. The standard InChI is InChI=1S/C72H126N3O36P3Si6/c1(13-115(94-37-55-19-76-55,95-38-56-20-77-56)96-39-57-21-78-57)7-112(8-2-14-116(97-40-58-22-79-58,98-41-59-23-80-59)99-42-60-24-81-60)73-113(9-3-15-117(100-43-61-25-82-61,101-44-62-26-83-62)102-45-63-27-84-63,10-4-16-118(103-46-64-28-85-64,104-47-65-29-86-65)105-48-66-30-87-66)75-114(74-112,11-5-17-119(106-49-67-31-88-67,107-50-68-32-89-68)108-51-69-33-90-69)12-6-18-120(109-52-70-34-91-70,110-53-71-35-92-71)111-54-72-36-93-72/h55-72H,1-54H2. The van der Waals surface area contributed by atoms with Crippen molar-refractivity contribution >= 4 is 74.4 Å². The molecule has 18 saturated heterocycles. The summed E-state index contributed by atoms with van der Waals surface area (Å²) < 4.78 is 254. The summed E-state index contributed by atoms with van der Waals surface area (Å²) >= 11 is 0. The molecular weight excluding hydrogens is 1740 g/mol. The van der Waals surface area contributed by atoms with E-state index in [1.807, 2.05) is 0 Å². The number of rotatable bonds is 78. The first-order valence-electron chi connectivity index (χ1n) is 44.2. The van der Waals surface area contributed by atoms with Gasteiger partial charge in [-0.3, -0.25) is 0 Å². The van der Waals surface area contributed by atoms with E-state index in [0.717, 1.165) is 0 Å². The van der Waals surface area contributed by atoms with Crippen molar-refractivity contribution in [3.63, 3.8) is 0 Å². The second-order valence-electron chi connectivity index (χ2n) is 34.8. The van der Waals surface area contributed by atoms with Gasteiger partial charge in [0.25, 0.3) is 0 Å². The van der Waals surface area contributed by atoms with Crippen LogP contribution in [-0.2, 0) is 165 Å². The highest BCUT2D eigenvalue weighted by atomic mass is 31.3. The van der Waals surface area contributed by atoms with Crippen molar-refractivity contribution in [3.05, 3.63) is 0 Å². The highest BCUT2D eigenvalue weighted by Gasteiger charge is 2.56. The highest BCUT2D eigenvalue weighted by molar-refractivity contribution is 7.87. The second kappa shape index (κ2) is 41.4. The normalized spacial score (nSPS) is 38.8. The summed E-state index contributed by atoms with van der Waals surface area (Å²) in [5.74, 6) is 0. The molecule has 0 bridgehead atoms. The molecule has 0 saturated carbocycles. The van der Waals surface area contributed by atoms with Crippen LogP contribution < -0.4 is 0 Å². The minimum absolute atomic E-state index is 0.0787. The maximum atomic E-state index is 7.10. The third kappa shape index (κ3) is 31.4. The Morgan fingerprint density at radius 2 is 0.242 bits per heavy atom. The van der Waals surface area contributed by atoms with Gasteiger partial charge in [0, 0.05) is 73.2 Å². The molecule has 684 valence electrons. The van der Waals surface area contributed by atoms with Gasteiger partial charge < -0.3 is 165 Å². The van der Waals surface area contributed by atoms with E-state index < -0.39 is 74.4 Å². The average molecular weight is 1870 g/mol. The van der Waals surface area contributed by atoms with Crippen LogP contribution in [0.25, 0.3) is 0 Å². The van der Waals surface area contributed by atoms with Crippen molar-refractivity contribution in [2.24, 2.45) is 13.5 Å². The molecule has 18 unspecified atom stereocenters. The van der Waals surface area contributed by atoms with Crippen molar-refractivity contribution in [1.82, 2.24) is 0 Å². The zero-order chi connectivity index (χ0) is 80.7. The smallest absolute Gasteiger partial charge is 0.371 e. The van der Waals surface area contributed by atoms with Gasteiger partial charge in [0.15, 0.2) is 0 Å². The summed E-state index contributed by atoms with van der Waals surface area (Å²) in [5.41, 5.74) is 0. The maximum absolute atomic E-state index is 7.10. The average Bonchev–Trinajstić information content (AvgIpc) is 1.70. The van der Waals surface area contributed by atoms with E-state index >= 15 is 0 Å². The van der Waals surface area contributed by atoms with Gasteiger partial charge in [0.05, 0.1) is 259 Å². The predicted octanol–water partition coefficient (Wildman–Crippen LogP) is 3.80. The summed E-state index contributed by atoms with van der Waals surface area (Å²) in [5, 5.41) is 0. The van der Waals surface area contributed by atoms with Crippen LogP contribution in [0.3, 0.4) is 0 Å². The summed E-state index contributed by atoms with van der Waals surface area (Å²) in [6.07, 6.45) is 5.20. The van der Waals surface area contributed by atoms with E-state index in [4.69, 9.17) is 178 Å². The van der Waals surface area contributed by atoms with Crippen molar-refractivity contribution in [1.29, 1.82) is 0 Å². The zero-order valence-corrected chi connectivity index (χ0v) is 77.6. The minimum Gasteiger partial charge on any atom is -0.371 e. The van der Waals surface area contributed by atoms with Gasteiger partial charge in [0.2, 0.25) is 0 Å². The number of hydrogen-bond acceptors (Lipinski definition) is 39. The summed E-state index contributed by atoms with van der Waals surface area (Å²) in [6, 6.07) is 2.66. The van der Waals surface area contributed by atoms with Gasteiger partial charge in [-0.1, -0.05) is 0 Å². The van der Waals surface area contributed by atoms with E-state index in [9.17, 15) is 0 Å². The van der Waals surface area contributed by atoms with Crippen LogP contribution >= 0.6 is 21.6 Å². The quantitative estimate of drug-likeness (QED) is 0.0474. The molecule has 18 atom stereocenters. The highest BCUT2D eigenvalue weighted by Crippen LogP contribution is 2.80. The first kappa shape index (κ1) is 89.8. The Labute approximate surface area is 708 Å². The molecule has 19 aliphatic rings.